The van der Waals surface area contributed by atoms with Crippen LogP contribution in [0.5, 0.6) is 5.75 Å². The van der Waals surface area contributed by atoms with Gasteiger partial charge in [-0.25, -0.2) is 4.79 Å². The van der Waals surface area contributed by atoms with Gasteiger partial charge in [-0.05, 0) is 24.3 Å². The van der Waals surface area contributed by atoms with Gasteiger partial charge in [0.15, 0.2) is 11.9 Å². The maximum Gasteiger partial charge on any atom is 0.573 e. The fraction of sp³-hybridized carbons (Fsp3) is 0.294. The Bertz CT molecular complexity index is 847. The maximum atomic E-state index is 12.5. The standard InChI is InChI=1S/C17H14F3NO6/c18-17(19,20)27-12-4-2-1-3-10(12)11-5-6-13(26-11)15(22)21-7-8-25-14(9-21)16(23)24/h1-6,14H,7-9H2,(H,23,24). The molecule has 0 saturated carbocycles. The molecule has 1 aromatic heterocycles. The van der Waals surface area contributed by atoms with E-state index in [0.717, 1.165) is 6.07 Å². The molecule has 27 heavy (non-hydrogen) atoms. The Kier molecular flexibility index (Phi) is 5.08. The van der Waals surface area contributed by atoms with E-state index in [4.69, 9.17) is 14.3 Å². The number of halogens is 3. The topological polar surface area (TPSA) is 89.2 Å². The number of hydrogen-bond donors (Lipinski definition) is 1. The van der Waals surface area contributed by atoms with Gasteiger partial charge in [0.2, 0.25) is 0 Å². The Morgan fingerprint density at radius 2 is 1.93 bits per heavy atom. The molecule has 1 unspecified atom stereocenters. The van der Waals surface area contributed by atoms with Gasteiger partial charge < -0.3 is 23.9 Å². The lowest BCUT2D eigenvalue weighted by atomic mass is 10.1. The van der Waals surface area contributed by atoms with Gasteiger partial charge in [-0.15, -0.1) is 13.2 Å². The molecule has 1 amide bonds. The molecule has 0 aliphatic carbocycles. The SMILES string of the molecule is O=C(O)C1CN(C(=O)c2ccc(-c3ccccc3OC(F)(F)F)o2)CCO1. The molecule has 0 radical (unpaired) electrons. The first-order valence-corrected chi connectivity index (χ1v) is 7.83. The summed E-state index contributed by atoms with van der Waals surface area (Å²) >= 11 is 0. The molecule has 2 heterocycles. The fourth-order valence-electron chi connectivity index (χ4n) is 2.62. The molecule has 144 valence electrons. The van der Waals surface area contributed by atoms with Crippen molar-refractivity contribution in [2.75, 3.05) is 19.7 Å². The van der Waals surface area contributed by atoms with Crippen molar-refractivity contribution in [1.82, 2.24) is 4.90 Å². The maximum absolute atomic E-state index is 12.5. The minimum Gasteiger partial charge on any atom is -0.479 e. The summed E-state index contributed by atoms with van der Waals surface area (Å²) in [5.74, 6) is -2.34. The molecule has 2 aromatic rings. The van der Waals surface area contributed by atoms with Gasteiger partial charge >= 0.3 is 12.3 Å². The monoisotopic (exact) mass is 385 g/mol. The van der Waals surface area contributed by atoms with E-state index in [1.165, 1.54) is 35.2 Å². The molecule has 7 nitrogen and oxygen atoms in total. The lowest BCUT2D eigenvalue weighted by Gasteiger charge is -2.30. The minimum atomic E-state index is -4.87. The number of rotatable bonds is 4. The van der Waals surface area contributed by atoms with Crippen molar-refractivity contribution in [2.24, 2.45) is 0 Å². The predicted octanol–water partition coefficient (Wildman–Crippen LogP) is 2.77. The molecule has 1 aliphatic heterocycles. The number of morpholine rings is 1. The number of alkyl halides is 3. The minimum absolute atomic E-state index is 0.0150. The van der Waals surface area contributed by atoms with Crippen LogP contribution in [0, 0.1) is 0 Å². The average molecular weight is 385 g/mol. The largest absolute Gasteiger partial charge is 0.573 e. The summed E-state index contributed by atoms with van der Waals surface area (Å²) in [5, 5.41) is 8.99. The Morgan fingerprint density at radius 3 is 2.63 bits per heavy atom. The van der Waals surface area contributed by atoms with Crippen LogP contribution in [-0.4, -0.2) is 54.0 Å². The predicted molar refractivity (Wildman–Crippen MR) is 84.1 cm³/mol. The summed E-state index contributed by atoms with van der Waals surface area (Å²) in [6, 6.07) is 8.03. The smallest absolute Gasteiger partial charge is 0.479 e. The molecule has 1 N–H and O–H groups in total. The lowest BCUT2D eigenvalue weighted by molar-refractivity contribution is -0.274. The van der Waals surface area contributed by atoms with Crippen molar-refractivity contribution >= 4 is 11.9 Å². The third-order valence-electron chi connectivity index (χ3n) is 3.82. The number of carbonyl (C=O) groups excluding carboxylic acids is 1. The van der Waals surface area contributed by atoms with Gasteiger partial charge in [-0.3, -0.25) is 4.79 Å². The van der Waals surface area contributed by atoms with E-state index in [9.17, 15) is 22.8 Å². The number of ether oxygens (including phenoxy) is 2. The Labute approximate surface area is 150 Å². The number of carboxylic acid groups (broad SMARTS) is 1. The lowest BCUT2D eigenvalue weighted by Crippen LogP contribution is -2.48. The Hall–Kier alpha value is -3.01. The average Bonchev–Trinajstić information content (AvgIpc) is 3.10. The first-order chi connectivity index (χ1) is 12.7. The van der Waals surface area contributed by atoms with Crippen molar-refractivity contribution in [3.8, 4) is 17.1 Å². The van der Waals surface area contributed by atoms with Crippen molar-refractivity contribution in [1.29, 1.82) is 0 Å². The molecule has 0 spiro atoms. The summed E-state index contributed by atoms with van der Waals surface area (Å²) < 4.78 is 52.1. The highest BCUT2D eigenvalue weighted by Crippen LogP contribution is 2.34. The molecule has 1 atom stereocenters. The first-order valence-electron chi connectivity index (χ1n) is 7.83. The van der Waals surface area contributed by atoms with Gasteiger partial charge in [0.05, 0.1) is 18.7 Å². The number of amides is 1. The highest BCUT2D eigenvalue weighted by Gasteiger charge is 2.33. The van der Waals surface area contributed by atoms with Crippen molar-refractivity contribution < 1.29 is 41.8 Å². The molecule has 1 saturated heterocycles. The molecule has 10 heteroatoms. The third-order valence-corrected chi connectivity index (χ3v) is 3.82. The summed E-state index contributed by atoms with van der Waals surface area (Å²) in [7, 11) is 0. The zero-order valence-corrected chi connectivity index (χ0v) is 13.7. The van der Waals surface area contributed by atoms with E-state index in [1.807, 2.05) is 0 Å². The van der Waals surface area contributed by atoms with Gasteiger partial charge in [0.1, 0.15) is 11.5 Å². The number of hydrogen-bond acceptors (Lipinski definition) is 5. The molecule has 1 aliphatic rings. The Morgan fingerprint density at radius 1 is 1.19 bits per heavy atom. The highest BCUT2D eigenvalue weighted by molar-refractivity contribution is 5.92. The van der Waals surface area contributed by atoms with E-state index in [0.29, 0.717) is 0 Å². The summed E-state index contributed by atoms with van der Waals surface area (Å²) in [5.41, 5.74) is 0.0271. The zero-order valence-electron chi connectivity index (χ0n) is 13.7. The number of benzene rings is 1. The van der Waals surface area contributed by atoms with E-state index >= 15 is 0 Å². The van der Waals surface area contributed by atoms with Gasteiger partial charge in [-0.1, -0.05) is 12.1 Å². The van der Waals surface area contributed by atoms with Gasteiger partial charge in [0, 0.05) is 6.54 Å². The van der Waals surface area contributed by atoms with E-state index in [-0.39, 0.29) is 36.8 Å². The van der Waals surface area contributed by atoms with E-state index in [2.05, 4.69) is 4.74 Å². The molecular weight excluding hydrogens is 371 g/mol. The second kappa shape index (κ2) is 7.31. The second-order valence-corrected chi connectivity index (χ2v) is 5.66. The fourth-order valence-corrected chi connectivity index (χ4v) is 2.62. The van der Waals surface area contributed by atoms with Crippen LogP contribution >= 0.6 is 0 Å². The van der Waals surface area contributed by atoms with Crippen LogP contribution in [0.1, 0.15) is 10.6 Å². The number of nitrogens with zero attached hydrogens (tertiary/aromatic N) is 1. The van der Waals surface area contributed by atoms with Crippen molar-refractivity contribution in [3.05, 3.63) is 42.2 Å². The highest BCUT2D eigenvalue weighted by atomic mass is 19.4. The second-order valence-electron chi connectivity index (χ2n) is 5.66. The van der Waals surface area contributed by atoms with Crippen LogP contribution in [0.3, 0.4) is 0 Å². The van der Waals surface area contributed by atoms with E-state index in [1.54, 1.807) is 0 Å². The normalized spacial score (nSPS) is 17.6. The van der Waals surface area contributed by atoms with Crippen LogP contribution in [-0.2, 0) is 9.53 Å². The zero-order chi connectivity index (χ0) is 19.6. The molecule has 0 bridgehead atoms. The number of furan rings is 1. The number of carboxylic acids is 1. The third kappa shape index (κ3) is 4.40. The number of carbonyl (C=O) groups is 2. The summed E-state index contributed by atoms with van der Waals surface area (Å²) in [4.78, 5) is 24.8. The van der Waals surface area contributed by atoms with Crippen LogP contribution in [0.25, 0.3) is 11.3 Å². The van der Waals surface area contributed by atoms with Crippen LogP contribution < -0.4 is 4.74 Å². The molecule has 3 rings (SSSR count). The number of aliphatic carboxylic acids is 1. The summed E-state index contributed by atoms with van der Waals surface area (Å²) in [6.45, 7) is 0.0723. The van der Waals surface area contributed by atoms with Crippen molar-refractivity contribution in [2.45, 2.75) is 12.5 Å². The van der Waals surface area contributed by atoms with Gasteiger partial charge in [-0.2, -0.15) is 0 Å². The molecular formula is C17H14F3NO6. The number of para-hydroxylation sites is 1. The van der Waals surface area contributed by atoms with Gasteiger partial charge in [0.25, 0.3) is 5.91 Å². The first kappa shape index (κ1) is 18.8. The molecule has 1 aromatic carbocycles. The quantitative estimate of drug-likeness (QED) is 0.871. The Balaban J connectivity index is 1.81. The van der Waals surface area contributed by atoms with Crippen molar-refractivity contribution in [3.63, 3.8) is 0 Å². The van der Waals surface area contributed by atoms with Crippen LogP contribution in [0.4, 0.5) is 13.2 Å². The summed E-state index contributed by atoms with van der Waals surface area (Å²) in [6.07, 6.45) is -6.01. The van der Waals surface area contributed by atoms with E-state index < -0.39 is 30.1 Å². The van der Waals surface area contributed by atoms with Crippen LogP contribution in [0.15, 0.2) is 40.8 Å². The van der Waals surface area contributed by atoms with Crippen LogP contribution in [0.2, 0.25) is 0 Å². The molecule has 1 fully saturated rings.